The first-order valence-corrected chi connectivity index (χ1v) is 8.67. The first kappa shape index (κ1) is 17.2. The van der Waals surface area contributed by atoms with Crippen LogP contribution in [0.25, 0.3) is 33.9 Å². The van der Waals surface area contributed by atoms with Crippen molar-refractivity contribution in [3.05, 3.63) is 58.5 Å². The molecule has 0 saturated heterocycles. The van der Waals surface area contributed by atoms with Crippen LogP contribution in [0.2, 0.25) is 0 Å². The van der Waals surface area contributed by atoms with E-state index in [0.29, 0.717) is 11.7 Å². The molecule has 7 heteroatoms. The van der Waals surface area contributed by atoms with E-state index >= 15 is 0 Å². The highest BCUT2D eigenvalue weighted by atomic mass is 16.5. The zero-order chi connectivity index (χ0) is 19.1. The van der Waals surface area contributed by atoms with Crippen LogP contribution in [0.5, 0.6) is 0 Å². The summed E-state index contributed by atoms with van der Waals surface area (Å²) in [6.07, 6.45) is 0. The molecule has 0 fully saturated rings. The summed E-state index contributed by atoms with van der Waals surface area (Å²) < 4.78 is 8.69. The Labute approximate surface area is 156 Å². The van der Waals surface area contributed by atoms with Crippen molar-refractivity contribution in [3.63, 3.8) is 0 Å². The summed E-state index contributed by atoms with van der Waals surface area (Å²) in [5.41, 5.74) is 4.54. The van der Waals surface area contributed by atoms with Crippen molar-refractivity contribution in [1.29, 1.82) is 0 Å². The quantitative estimate of drug-likeness (QED) is 0.558. The fourth-order valence-electron chi connectivity index (χ4n) is 3.22. The molecule has 138 valence electrons. The third-order valence-electron chi connectivity index (χ3n) is 4.66. The molecule has 27 heavy (non-hydrogen) atoms. The molecule has 0 N–H and O–H groups in total. The molecule has 0 amide bonds. The molecule has 0 aliphatic carbocycles. The minimum atomic E-state index is -0.0637. The maximum atomic E-state index is 12.1. The molecule has 0 aliphatic heterocycles. The molecular weight excluding hydrogens is 342 g/mol. The van der Waals surface area contributed by atoms with Gasteiger partial charge in [-0.2, -0.15) is 4.98 Å². The molecule has 2 aromatic carbocycles. The van der Waals surface area contributed by atoms with Gasteiger partial charge in [-0.05, 0) is 37.9 Å². The number of aryl methyl sites for hydroxylation is 2. The summed E-state index contributed by atoms with van der Waals surface area (Å²) in [6, 6.07) is 13.8. The van der Waals surface area contributed by atoms with Crippen LogP contribution in [0.4, 0.5) is 0 Å². The van der Waals surface area contributed by atoms with Crippen LogP contribution in [0, 0.1) is 0 Å². The number of hydrogen-bond acceptors (Lipinski definition) is 5. The second-order valence-corrected chi connectivity index (χ2v) is 6.96. The molecule has 0 saturated carbocycles. The zero-order valence-corrected chi connectivity index (χ0v) is 15.8. The molecule has 4 aromatic rings. The first-order chi connectivity index (χ1) is 12.9. The average Bonchev–Trinajstić information content (AvgIpc) is 3.23. The Kier molecular flexibility index (Phi) is 4.16. The van der Waals surface area contributed by atoms with Gasteiger partial charge in [0.15, 0.2) is 0 Å². The summed E-state index contributed by atoms with van der Waals surface area (Å²) in [5, 5.41) is 4.11. The molecule has 2 heterocycles. The molecule has 0 aliphatic rings. The summed E-state index contributed by atoms with van der Waals surface area (Å²) >= 11 is 0. The van der Waals surface area contributed by atoms with Crippen LogP contribution in [0.15, 0.2) is 51.8 Å². The number of imidazole rings is 1. The molecule has 7 nitrogen and oxygen atoms in total. The topological polar surface area (TPSA) is 69.1 Å². The molecule has 0 atom stereocenters. The largest absolute Gasteiger partial charge is 0.334 e. The van der Waals surface area contributed by atoms with Gasteiger partial charge in [0.2, 0.25) is 5.82 Å². The van der Waals surface area contributed by atoms with E-state index in [0.717, 1.165) is 28.7 Å². The smallest absolute Gasteiger partial charge is 0.328 e. The lowest BCUT2D eigenvalue weighted by molar-refractivity contribution is 0.402. The van der Waals surface area contributed by atoms with E-state index in [2.05, 4.69) is 27.2 Å². The fourth-order valence-corrected chi connectivity index (χ4v) is 3.22. The Bertz CT molecular complexity index is 1170. The van der Waals surface area contributed by atoms with Crippen molar-refractivity contribution in [2.75, 3.05) is 14.1 Å². The average molecular weight is 363 g/mol. The fraction of sp³-hybridized carbons (Fsp3) is 0.250. The second-order valence-electron chi connectivity index (χ2n) is 6.96. The SMILES string of the molecule is CN(C)Cc1ccc(-c2noc(-c3ccc4c(c3)n(C)c(=O)n4C)n2)cc1. The van der Waals surface area contributed by atoms with Crippen LogP contribution in [-0.2, 0) is 20.6 Å². The van der Waals surface area contributed by atoms with Crippen molar-refractivity contribution in [2.24, 2.45) is 14.1 Å². The Balaban J connectivity index is 1.67. The van der Waals surface area contributed by atoms with E-state index in [1.54, 1.807) is 23.2 Å². The van der Waals surface area contributed by atoms with Crippen molar-refractivity contribution in [1.82, 2.24) is 24.2 Å². The number of rotatable bonds is 4. The number of fused-ring (bicyclic) bond motifs is 1. The number of hydrogen-bond donors (Lipinski definition) is 0. The van der Waals surface area contributed by atoms with Crippen LogP contribution in [0.3, 0.4) is 0 Å². The van der Waals surface area contributed by atoms with Crippen LogP contribution in [-0.4, -0.2) is 38.3 Å². The Morgan fingerprint density at radius 2 is 1.63 bits per heavy atom. The summed E-state index contributed by atoms with van der Waals surface area (Å²) in [7, 11) is 7.59. The summed E-state index contributed by atoms with van der Waals surface area (Å²) in [4.78, 5) is 18.7. The zero-order valence-electron chi connectivity index (χ0n) is 15.8. The highest BCUT2D eigenvalue weighted by Crippen LogP contribution is 2.25. The van der Waals surface area contributed by atoms with Gasteiger partial charge in [0, 0.05) is 31.8 Å². The van der Waals surface area contributed by atoms with Crippen LogP contribution in [0.1, 0.15) is 5.56 Å². The van der Waals surface area contributed by atoms with E-state index < -0.39 is 0 Å². The lowest BCUT2D eigenvalue weighted by atomic mass is 10.1. The van der Waals surface area contributed by atoms with Crippen molar-refractivity contribution in [3.8, 4) is 22.8 Å². The number of nitrogens with zero attached hydrogens (tertiary/aromatic N) is 5. The standard InChI is InChI=1S/C20H21N5O2/c1-23(2)12-13-5-7-14(8-6-13)18-21-19(27-22-18)15-9-10-16-17(11-15)25(4)20(26)24(16)3/h5-11H,12H2,1-4H3. The van der Waals surface area contributed by atoms with E-state index in [1.807, 2.05) is 44.4 Å². The van der Waals surface area contributed by atoms with Crippen LogP contribution < -0.4 is 5.69 Å². The summed E-state index contributed by atoms with van der Waals surface area (Å²) in [5.74, 6) is 0.976. The normalized spacial score (nSPS) is 11.6. The Hall–Kier alpha value is -3.19. The van der Waals surface area contributed by atoms with Gasteiger partial charge in [0.05, 0.1) is 11.0 Å². The third kappa shape index (κ3) is 3.06. The lowest BCUT2D eigenvalue weighted by Gasteiger charge is -2.09. The van der Waals surface area contributed by atoms with E-state index in [1.165, 1.54) is 5.56 Å². The van der Waals surface area contributed by atoms with E-state index in [4.69, 9.17) is 4.52 Å². The van der Waals surface area contributed by atoms with E-state index in [9.17, 15) is 4.79 Å². The van der Waals surface area contributed by atoms with Gasteiger partial charge in [-0.3, -0.25) is 9.13 Å². The van der Waals surface area contributed by atoms with Gasteiger partial charge in [0.25, 0.3) is 5.89 Å². The maximum Gasteiger partial charge on any atom is 0.328 e. The van der Waals surface area contributed by atoms with Crippen molar-refractivity contribution in [2.45, 2.75) is 6.54 Å². The Morgan fingerprint density at radius 3 is 2.33 bits per heavy atom. The lowest BCUT2D eigenvalue weighted by Crippen LogP contribution is -2.19. The second kappa shape index (κ2) is 6.51. The number of benzene rings is 2. The van der Waals surface area contributed by atoms with Crippen LogP contribution >= 0.6 is 0 Å². The molecule has 0 radical (unpaired) electrons. The predicted molar refractivity (Wildman–Crippen MR) is 104 cm³/mol. The van der Waals surface area contributed by atoms with Gasteiger partial charge in [-0.1, -0.05) is 29.4 Å². The van der Waals surface area contributed by atoms with Gasteiger partial charge in [-0.15, -0.1) is 0 Å². The molecular formula is C20H21N5O2. The van der Waals surface area contributed by atoms with Gasteiger partial charge in [0.1, 0.15) is 0 Å². The van der Waals surface area contributed by atoms with Gasteiger partial charge in [-0.25, -0.2) is 4.79 Å². The molecule has 0 spiro atoms. The Morgan fingerprint density at radius 1 is 0.963 bits per heavy atom. The maximum absolute atomic E-state index is 12.1. The first-order valence-electron chi connectivity index (χ1n) is 8.67. The summed E-state index contributed by atoms with van der Waals surface area (Å²) in [6.45, 7) is 0.883. The van der Waals surface area contributed by atoms with Crippen molar-refractivity contribution >= 4 is 11.0 Å². The molecule has 4 rings (SSSR count). The van der Waals surface area contributed by atoms with Gasteiger partial charge >= 0.3 is 5.69 Å². The predicted octanol–water partition coefficient (Wildman–Crippen LogP) is 2.66. The van der Waals surface area contributed by atoms with E-state index in [-0.39, 0.29) is 5.69 Å². The molecule has 0 bridgehead atoms. The number of aromatic nitrogens is 4. The highest BCUT2D eigenvalue weighted by molar-refractivity contribution is 5.81. The molecule has 0 unspecified atom stereocenters. The minimum absolute atomic E-state index is 0.0637. The van der Waals surface area contributed by atoms with Gasteiger partial charge < -0.3 is 9.42 Å². The van der Waals surface area contributed by atoms with Crippen molar-refractivity contribution < 1.29 is 4.52 Å². The highest BCUT2D eigenvalue weighted by Gasteiger charge is 2.14. The molecule has 2 aromatic heterocycles. The third-order valence-corrected chi connectivity index (χ3v) is 4.66. The monoisotopic (exact) mass is 363 g/mol. The minimum Gasteiger partial charge on any atom is -0.334 e.